The van der Waals surface area contributed by atoms with E-state index >= 15 is 0 Å². The molecule has 0 bridgehead atoms. The van der Waals surface area contributed by atoms with Crippen molar-refractivity contribution < 1.29 is 17.9 Å². The summed E-state index contributed by atoms with van der Waals surface area (Å²) in [6, 6.07) is 9.89. The van der Waals surface area contributed by atoms with Gasteiger partial charge in [0.25, 0.3) is 5.91 Å². The summed E-state index contributed by atoms with van der Waals surface area (Å²) in [5, 5.41) is 3.26. The molecule has 2 aromatic rings. The zero-order valence-electron chi connectivity index (χ0n) is 14.2. The van der Waals surface area contributed by atoms with E-state index in [0.717, 1.165) is 5.56 Å². The first-order valence-corrected chi connectivity index (χ1v) is 9.65. The zero-order chi connectivity index (χ0) is 18.9. The van der Waals surface area contributed by atoms with Gasteiger partial charge in [-0.2, -0.15) is 0 Å². The topological polar surface area (TPSA) is 84.5 Å². The van der Waals surface area contributed by atoms with Crippen molar-refractivity contribution in [1.29, 1.82) is 0 Å². The molecule has 0 aromatic heterocycles. The van der Waals surface area contributed by atoms with Crippen molar-refractivity contribution in [2.24, 2.45) is 0 Å². The maximum atomic E-state index is 12.5. The zero-order valence-corrected chi connectivity index (χ0v) is 15.7. The highest BCUT2D eigenvalue weighted by Crippen LogP contribution is 2.29. The number of aryl methyl sites for hydroxylation is 1. The van der Waals surface area contributed by atoms with Crippen LogP contribution in [0.3, 0.4) is 0 Å². The number of hydrogen-bond donors (Lipinski definition) is 2. The molecule has 0 fully saturated rings. The Balaban J connectivity index is 1.86. The van der Waals surface area contributed by atoms with Crippen LogP contribution in [-0.4, -0.2) is 28.0 Å². The number of sulfonamides is 1. The van der Waals surface area contributed by atoms with Crippen LogP contribution in [0.4, 0.5) is 5.69 Å². The number of benzene rings is 2. The molecule has 0 atom stereocenters. The maximum absolute atomic E-state index is 12.5. The molecule has 1 amide bonds. The van der Waals surface area contributed by atoms with Crippen molar-refractivity contribution >= 4 is 39.3 Å². The Morgan fingerprint density at radius 1 is 1.19 bits per heavy atom. The third-order valence-corrected chi connectivity index (χ3v) is 5.77. The number of carbonyl (C=O) groups excluding carboxylic acids is 1. The summed E-state index contributed by atoms with van der Waals surface area (Å²) < 4.78 is 32.0. The number of fused-ring (bicyclic) bond motifs is 1. The van der Waals surface area contributed by atoms with Crippen molar-refractivity contribution in [3.8, 4) is 5.75 Å². The van der Waals surface area contributed by atoms with Gasteiger partial charge in [-0.1, -0.05) is 17.7 Å². The minimum absolute atomic E-state index is 0.115. The van der Waals surface area contributed by atoms with Crippen molar-refractivity contribution in [2.75, 3.05) is 19.0 Å². The molecule has 2 aromatic carbocycles. The molecule has 6 nitrogen and oxygen atoms in total. The van der Waals surface area contributed by atoms with Gasteiger partial charge in [0.05, 0.1) is 10.5 Å². The first-order valence-electron chi connectivity index (χ1n) is 7.78. The molecule has 1 heterocycles. The van der Waals surface area contributed by atoms with E-state index in [-0.39, 0.29) is 17.4 Å². The van der Waals surface area contributed by atoms with Crippen molar-refractivity contribution in [1.82, 2.24) is 4.72 Å². The molecule has 1 aliphatic heterocycles. The predicted molar refractivity (Wildman–Crippen MR) is 101 cm³/mol. The lowest BCUT2D eigenvalue weighted by atomic mass is 10.1. The van der Waals surface area contributed by atoms with Crippen LogP contribution in [0.5, 0.6) is 5.75 Å². The highest BCUT2D eigenvalue weighted by Gasteiger charge is 2.19. The highest BCUT2D eigenvalue weighted by molar-refractivity contribution is 7.89. The molecule has 1 aliphatic rings. The van der Waals surface area contributed by atoms with E-state index in [1.54, 1.807) is 43.3 Å². The molecule has 136 valence electrons. The molecule has 26 heavy (non-hydrogen) atoms. The predicted octanol–water partition coefficient (Wildman–Crippen LogP) is 2.97. The first-order chi connectivity index (χ1) is 12.3. The van der Waals surface area contributed by atoms with Gasteiger partial charge < -0.3 is 10.1 Å². The summed E-state index contributed by atoms with van der Waals surface area (Å²) in [6.45, 7) is 1.81. The number of rotatable bonds is 4. The monoisotopic (exact) mass is 392 g/mol. The third-order valence-electron chi connectivity index (χ3n) is 3.98. The van der Waals surface area contributed by atoms with E-state index in [0.29, 0.717) is 27.6 Å². The molecular formula is C18H17ClN2O4S. The number of amides is 1. The highest BCUT2D eigenvalue weighted by atomic mass is 35.5. The smallest absolute Gasteiger partial charge is 0.255 e. The third kappa shape index (κ3) is 3.75. The van der Waals surface area contributed by atoms with Gasteiger partial charge in [0.15, 0.2) is 0 Å². The number of hydrogen-bond acceptors (Lipinski definition) is 4. The Bertz CT molecular complexity index is 1020. The normalized spacial score (nSPS) is 13.4. The summed E-state index contributed by atoms with van der Waals surface area (Å²) in [5.41, 5.74) is 2.10. The fourth-order valence-electron chi connectivity index (χ4n) is 2.57. The minimum atomic E-state index is -3.61. The lowest BCUT2D eigenvalue weighted by molar-refractivity contribution is -0.113. The molecule has 0 spiro atoms. The Hall–Kier alpha value is -2.35. The van der Waals surface area contributed by atoms with Gasteiger partial charge in [-0.05, 0) is 55.9 Å². The second kappa shape index (κ2) is 7.11. The van der Waals surface area contributed by atoms with E-state index in [2.05, 4.69) is 10.0 Å². The van der Waals surface area contributed by atoms with Crippen molar-refractivity contribution in [2.45, 2.75) is 11.8 Å². The molecule has 0 saturated heterocycles. The van der Waals surface area contributed by atoms with Crippen LogP contribution in [0.15, 0.2) is 46.9 Å². The number of anilines is 1. The van der Waals surface area contributed by atoms with Gasteiger partial charge in [-0.25, -0.2) is 13.1 Å². The fraction of sp³-hybridized carbons (Fsp3) is 0.167. The van der Waals surface area contributed by atoms with E-state index in [1.807, 2.05) is 0 Å². The molecule has 8 heteroatoms. The average molecular weight is 393 g/mol. The van der Waals surface area contributed by atoms with Gasteiger partial charge in [0.2, 0.25) is 10.0 Å². The Morgan fingerprint density at radius 2 is 1.96 bits per heavy atom. The standard InChI is InChI=1S/C18H17ClN2O4S/c1-11-3-5-15(9-17(11)26(23,24)20-2)21-18(22)13-7-12-8-14(19)4-6-16(12)25-10-13/h3-9,20H,10H2,1-2H3,(H,21,22). The van der Waals surface area contributed by atoms with Gasteiger partial charge in [0.1, 0.15) is 12.4 Å². The van der Waals surface area contributed by atoms with E-state index in [9.17, 15) is 13.2 Å². The molecule has 3 rings (SSSR count). The summed E-state index contributed by atoms with van der Waals surface area (Å²) in [5.74, 6) is 0.288. The Morgan fingerprint density at radius 3 is 2.69 bits per heavy atom. The average Bonchev–Trinajstić information content (AvgIpc) is 2.62. The van der Waals surface area contributed by atoms with Crippen LogP contribution < -0.4 is 14.8 Å². The Kier molecular flexibility index (Phi) is 5.04. The van der Waals surface area contributed by atoms with Gasteiger partial charge in [0, 0.05) is 16.3 Å². The lowest BCUT2D eigenvalue weighted by Crippen LogP contribution is -2.22. The van der Waals surface area contributed by atoms with Crippen LogP contribution in [0.25, 0.3) is 6.08 Å². The number of ether oxygens (including phenoxy) is 1. The van der Waals surface area contributed by atoms with E-state index in [1.165, 1.54) is 13.1 Å². The lowest BCUT2D eigenvalue weighted by Gasteiger charge is -2.18. The van der Waals surface area contributed by atoms with Gasteiger partial charge in [-0.3, -0.25) is 4.79 Å². The molecular weight excluding hydrogens is 376 g/mol. The summed E-state index contributed by atoms with van der Waals surface area (Å²) >= 11 is 5.97. The second-order valence-electron chi connectivity index (χ2n) is 5.78. The maximum Gasteiger partial charge on any atom is 0.255 e. The number of halogens is 1. The van der Waals surface area contributed by atoms with Crippen molar-refractivity contribution in [3.05, 3.63) is 58.1 Å². The molecule has 2 N–H and O–H groups in total. The molecule has 0 aliphatic carbocycles. The van der Waals surface area contributed by atoms with Gasteiger partial charge in [-0.15, -0.1) is 0 Å². The van der Waals surface area contributed by atoms with E-state index in [4.69, 9.17) is 16.3 Å². The summed E-state index contributed by atoms with van der Waals surface area (Å²) in [7, 11) is -2.27. The van der Waals surface area contributed by atoms with Crippen LogP contribution in [-0.2, 0) is 14.8 Å². The van der Waals surface area contributed by atoms with Crippen LogP contribution >= 0.6 is 11.6 Å². The summed E-state index contributed by atoms with van der Waals surface area (Å²) in [4.78, 5) is 12.6. The molecule has 0 radical (unpaired) electrons. The van der Waals surface area contributed by atoms with Crippen LogP contribution in [0.2, 0.25) is 5.02 Å². The van der Waals surface area contributed by atoms with Crippen LogP contribution in [0.1, 0.15) is 11.1 Å². The first kappa shape index (κ1) is 18.4. The van der Waals surface area contributed by atoms with Gasteiger partial charge >= 0.3 is 0 Å². The fourth-order valence-corrected chi connectivity index (χ4v) is 3.74. The number of nitrogens with one attached hydrogen (secondary N) is 2. The molecule has 0 unspecified atom stereocenters. The summed E-state index contributed by atoms with van der Waals surface area (Å²) in [6.07, 6.45) is 1.71. The molecule has 0 saturated carbocycles. The second-order valence-corrected chi connectivity index (χ2v) is 8.07. The SMILES string of the molecule is CNS(=O)(=O)c1cc(NC(=O)C2=Cc3cc(Cl)ccc3OC2)ccc1C. The van der Waals surface area contributed by atoms with Crippen molar-refractivity contribution in [3.63, 3.8) is 0 Å². The quantitative estimate of drug-likeness (QED) is 0.837. The minimum Gasteiger partial charge on any atom is -0.488 e. The number of carbonyl (C=O) groups is 1. The van der Waals surface area contributed by atoms with Crippen LogP contribution in [0, 0.1) is 6.92 Å². The largest absolute Gasteiger partial charge is 0.488 e. The Labute approximate surface area is 156 Å². The van der Waals surface area contributed by atoms with E-state index < -0.39 is 10.0 Å².